The number of ether oxygens (including phenoxy) is 5. The van der Waals surface area contributed by atoms with E-state index >= 15 is 0 Å². The third-order valence-electron chi connectivity index (χ3n) is 5.48. The second kappa shape index (κ2) is 13.5. The van der Waals surface area contributed by atoms with Gasteiger partial charge in [-0.05, 0) is 16.7 Å². The largest absolute Gasteiger partial charge is 0.456 e. The Morgan fingerprint density at radius 2 is 1.25 bits per heavy atom. The summed E-state index contributed by atoms with van der Waals surface area (Å²) < 4.78 is 55.4. The lowest BCUT2D eigenvalue weighted by molar-refractivity contribution is -0.250. The van der Waals surface area contributed by atoms with Crippen molar-refractivity contribution in [2.45, 2.75) is 56.7 Å². The van der Waals surface area contributed by atoms with Crippen molar-refractivity contribution in [3.63, 3.8) is 0 Å². The van der Waals surface area contributed by atoms with Crippen LogP contribution in [-0.2, 0) is 48.2 Å². The van der Waals surface area contributed by atoms with E-state index in [2.05, 4.69) is 0 Å². The highest BCUT2D eigenvalue weighted by molar-refractivity contribution is 6.20. The van der Waals surface area contributed by atoms with Crippen LogP contribution < -0.4 is 0 Å². The molecule has 1 heterocycles. The van der Waals surface area contributed by atoms with Crippen LogP contribution in [0.3, 0.4) is 0 Å². The van der Waals surface area contributed by atoms with Crippen LogP contribution in [0.25, 0.3) is 0 Å². The molecular formula is C29H31ClO6. The van der Waals surface area contributed by atoms with Crippen molar-refractivity contribution in [3.05, 3.63) is 108 Å². The zero-order valence-corrected chi connectivity index (χ0v) is 20.6. The van der Waals surface area contributed by atoms with Crippen molar-refractivity contribution in [1.82, 2.24) is 0 Å². The Labute approximate surface area is 221 Å². The maximum atomic E-state index is 12.0. The molecule has 0 aliphatic carbocycles. The SMILES string of the molecule is [2H]C(OC[C@H]1OC(Cl)[C@@H](OC(C)=O)[C@@H](OC([2H])c2ccccc2)[C@@H]1OC([2H])c1ccccc1)c1ccccc1. The first-order valence-corrected chi connectivity index (χ1v) is 12.1. The van der Waals surface area contributed by atoms with E-state index in [0.717, 1.165) is 0 Å². The number of carbonyl (C=O) groups is 1. The van der Waals surface area contributed by atoms with E-state index in [1.54, 1.807) is 60.7 Å². The molecule has 36 heavy (non-hydrogen) atoms. The van der Waals surface area contributed by atoms with Gasteiger partial charge in [0.05, 0.1) is 30.5 Å². The summed E-state index contributed by atoms with van der Waals surface area (Å²) in [6.45, 7) is -2.22. The molecule has 0 spiro atoms. The van der Waals surface area contributed by atoms with Gasteiger partial charge in [-0.25, -0.2) is 0 Å². The lowest BCUT2D eigenvalue weighted by Gasteiger charge is -2.43. The van der Waals surface area contributed by atoms with E-state index in [1.165, 1.54) is 6.92 Å². The smallest absolute Gasteiger partial charge is 0.303 e. The number of esters is 1. The molecule has 7 heteroatoms. The monoisotopic (exact) mass is 513 g/mol. The summed E-state index contributed by atoms with van der Waals surface area (Å²) in [6.07, 6.45) is -4.16. The summed E-state index contributed by atoms with van der Waals surface area (Å²) in [6, 6.07) is 26.9. The van der Waals surface area contributed by atoms with E-state index in [4.69, 9.17) is 39.4 Å². The number of alkyl halides is 1. The van der Waals surface area contributed by atoms with E-state index in [9.17, 15) is 4.79 Å². The Morgan fingerprint density at radius 1 is 0.778 bits per heavy atom. The van der Waals surface area contributed by atoms with Crippen LogP contribution in [0.1, 0.15) is 27.7 Å². The Balaban J connectivity index is 1.63. The molecular weight excluding hydrogens is 480 g/mol. The van der Waals surface area contributed by atoms with Crippen LogP contribution >= 0.6 is 11.6 Å². The molecule has 8 atom stereocenters. The van der Waals surface area contributed by atoms with Crippen LogP contribution in [0.5, 0.6) is 0 Å². The number of hydrogen-bond donors (Lipinski definition) is 0. The van der Waals surface area contributed by atoms with Gasteiger partial charge in [0.2, 0.25) is 0 Å². The Bertz CT molecular complexity index is 1160. The van der Waals surface area contributed by atoms with Crippen molar-refractivity contribution in [3.8, 4) is 0 Å². The predicted octanol–water partition coefficient (Wildman–Crippen LogP) is 5.27. The van der Waals surface area contributed by atoms with Crippen molar-refractivity contribution in [2.75, 3.05) is 6.61 Å². The third-order valence-corrected chi connectivity index (χ3v) is 5.83. The topological polar surface area (TPSA) is 63.2 Å². The minimum Gasteiger partial charge on any atom is -0.456 e. The second-order valence-corrected chi connectivity index (χ2v) is 8.65. The summed E-state index contributed by atoms with van der Waals surface area (Å²) in [7, 11) is 0. The molecule has 4 rings (SSSR count). The van der Waals surface area contributed by atoms with Crippen LogP contribution in [0.15, 0.2) is 91.0 Å². The summed E-state index contributed by atoms with van der Waals surface area (Å²) in [5.41, 5.74) is 0.652. The van der Waals surface area contributed by atoms with E-state index in [0.29, 0.717) is 16.7 Å². The first-order chi connectivity index (χ1) is 18.8. The zero-order chi connectivity index (χ0) is 27.8. The van der Waals surface area contributed by atoms with Crippen molar-refractivity contribution < 1.29 is 32.6 Å². The van der Waals surface area contributed by atoms with Gasteiger partial charge in [0, 0.05) is 6.92 Å². The highest BCUT2D eigenvalue weighted by Crippen LogP contribution is 2.32. The van der Waals surface area contributed by atoms with Gasteiger partial charge >= 0.3 is 5.97 Å². The van der Waals surface area contributed by atoms with Crippen LogP contribution in [0.2, 0.25) is 0 Å². The molecule has 1 saturated heterocycles. The fourth-order valence-corrected chi connectivity index (χ4v) is 4.11. The maximum Gasteiger partial charge on any atom is 0.303 e. The lowest BCUT2D eigenvalue weighted by Crippen LogP contribution is -2.60. The summed E-state index contributed by atoms with van der Waals surface area (Å²) in [5.74, 6) is -0.613. The van der Waals surface area contributed by atoms with Crippen LogP contribution in [-0.4, -0.2) is 42.6 Å². The highest BCUT2D eigenvalue weighted by atomic mass is 35.5. The fourth-order valence-electron chi connectivity index (χ4n) is 3.78. The molecule has 190 valence electrons. The molecule has 4 unspecified atom stereocenters. The average Bonchev–Trinajstić information content (AvgIpc) is 2.96. The molecule has 0 amide bonds. The van der Waals surface area contributed by atoms with Gasteiger partial charge in [-0.3, -0.25) is 4.79 Å². The van der Waals surface area contributed by atoms with Gasteiger partial charge in [0.25, 0.3) is 0 Å². The molecule has 0 saturated carbocycles. The maximum absolute atomic E-state index is 12.0. The highest BCUT2D eigenvalue weighted by Gasteiger charge is 2.49. The fraction of sp³-hybridized carbons (Fsp3) is 0.345. The molecule has 6 nitrogen and oxygen atoms in total. The number of halogens is 1. The molecule has 1 fully saturated rings. The van der Waals surface area contributed by atoms with Crippen molar-refractivity contribution >= 4 is 17.6 Å². The van der Waals surface area contributed by atoms with E-state index in [1.807, 2.05) is 30.3 Å². The Morgan fingerprint density at radius 3 is 1.75 bits per heavy atom. The molecule has 0 bridgehead atoms. The van der Waals surface area contributed by atoms with Gasteiger partial charge in [-0.15, -0.1) is 0 Å². The summed E-state index contributed by atoms with van der Waals surface area (Å²) >= 11 is 6.55. The molecule has 1 aliphatic heterocycles. The van der Waals surface area contributed by atoms with Crippen LogP contribution in [0.4, 0.5) is 0 Å². The standard InChI is InChI=1S/C29H31ClO6/c1-21(31)35-28-27(34-19-24-15-9-4-10-16-24)26(33-18-23-13-7-3-8-14-23)25(36-29(28)30)20-32-17-22-11-5-2-6-12-22/h2-16,25-29H,17-20H2,1H3/t25-,26-,27+,28+,29?/m1/s1/i17D,18D,19D/t17?,18?,19?,25-,26-,27+,28+,29?. The Kier molecular flexibility index (Phi) is 8.44. The molecule has 0 aromatic heterocycles. The number of hydrogen-bond acceptors (Lipinski definition) is 6. The summed E-state index contributed by atoms with van der Waals surface area (Å²) in [5, 5.41) is 0. The number of rotatable bonds is 11. The zero-order valence-electron chi connectivity index (χ0n) is 22.8. The van der Waals surface area contributed by atoms with Crippen molar-refractivity contribution in [2.24, 2.45) is 0 Å². The quantitative estimate of drug-likeness (QED) is 0.257. The van der Waals surface area contributed by atoms with E-state index < -0.39 is 55.7 Å². The molecule has 0 N–H and O–H groups in total. The first kappa shape index (κ1) is 22.5. The molecule has 3 aromatic rings. The van der Waals surface area contributed by atoms with Crippen LogP contribution in [0, 0.1) is 0 Å². The summed E-state index contributed by atoms with van der Waals surface area (Å²) in [4.78, 5) is 12.0. The van der Waals surface area contributed by atoms with Gasteiger partial charge in [-0.2, -0.15) is 0 Å². The third kappa shape index (κ3) is 7.63. The van der Waals surface area contributed by atoms with Gasteiger partial charge < -0.3 is 23.7 Å². The Hall–Kier alpha value is -2.74. The molecule has 1 aliphatic rings. The second-order valence-electron chi connectivity index (χ2n) is 8.22. The minimum atomic E-state index is -1.17. The molecule has 3 aromatic carbocycles. The minimum absolute atomic E-state index is 0.126. The average molecular weight is 514 g/mol. The molecule has 0 radical (unpaired) electrons. The first-order valence-electron chi connectivity index (χ1n) is 13.4. The van der Waals surface area contributed by atoms with Gasteiger partial charge in [0.15, 0.2) is 11.7 Å². The van der Waals surface area contributed by atoms with Crippen molar-refractivity contribution in [1.29, 1.82) is 0 Å². The predicted molar refractivity (Wildman–Crippen MR) is 136 cm³/mol. The van der Waals surface area contributed by atoms with E-state index in [-0.39, 0.29) is 6.61 Å². The van der Waals surface area contributed by atoms with Gasteiger partial charge in [-0.1, -0.05) is 103 Å². The lowest BCUT2D eigenvalue weighted by atomic mass is 9.99. The van der Waals surface area contributed by atoms with Gasteiger partial charge in [0.1, 0.15) is 18.3 Å². The normalized spacial score (nSPS) is 27.6. The number of carbonyl (C=O) groups excluding carboxylic acids is 1. The number of benzene rings is 3.